The third-order valence-electron chi connectivity index (χ3n) is 1.91. The van der Waals surface area contributed by atoms with E-state index in [1.807, 2.05) is 0 Å². The maximum absolute atomic E-state index is 9.48. The van der Waals surface area contributed by atoms with Gasteiger partial charge in [-0.2, -0.15) is 0 Å². The van der Waals surface area contributed by atoms with E-state index in [0.717, 1.165) is 0 Å². The second-order valence-electron chi connectivity index (χ2n) is 2.96. The first kappa shape index (κ1) is 11.0. The SMILES string of the molecule is CNC(N)=O.c1ccc2ccccc2c1. The van der Waals surface area contributed by atoms with E-state index in [1.165, 1.54) is 17.8 Å². The Kier molecular flexibility index (Phi) is 4.16. The number of carbonyl (C=O) groups excluding carboxylic acids is 1. The molecule has 2 aromatic rings. The molecule has 0 aliphatic carbocycles. The van der Waals surface area contributed by atoms with Gasteiger partial charge in [0.1, 0.15) is 0 Å². The Morgan fingerprint density at radius 3 is 1.47 bits per heavy atom. The van der Waals surface area contributed by atoms with Gasteiger partial charge in [0.2, 0.25) is 0 Å². The number of primary amides is 1. The molecule has 0 aromatic heterocycles. The maximum Gasteiger partial charge on any atom is 0.311 e. The van der Waals surface area contributed by atoms with Gasteiger partial charge in [0.05, 0.1) is 0 Å². The van der Waals surface area contributed by atoms with Crippen LogP contribution in [0.5, 0.6) is 0 Å². The van der Waals surface area contributed by atoms with E-state index in [0.29, 0.717) is 0 Å². The number of carbonyl (C=O) groups is 1. The van der Waals surface area contributed by atoms with Gasteiger partial charge in [0, 0.05) is 7.05 Å². The van der Waals surface area contributed by atoms with Crippen molar-refractivity contribution in [3.8, 4) is 0 Å². The van der Waals surface area contributed by atoms with Gasteiger partial charge < -0.3 is 11.1 Å². The Labute approximate surface area is 88.9 Å². The van der Waals surface area contributed by atoms with Crippen molar-refractivity contribution in [2.24, 2.45) is 5.73 Å². The van der Waals surface area contributed by atoms with Gasteiger partial charge in [-0.25, -0.2) is 4.79 Å². The summed E-state index contributed by atoms with van der Waals surface area (Å²) >= 11 is 0. The Morgan fingerprint density at radius 1 is 1.00 bits per heavy atom. The summed E-state index contributed by atoms with van der Waals surface area (Å²) in [5.41, 5.74) is 4.54. The van der Waals surface area contributed by atoms with E-state index in [1.54, 1.807) is 0 Å². The van der Waals surface area contributed by atoms with Gasteiger partial charge in [0.15, 0.2) is 0 Å². The zero-order valence-corrected chi connectivity index (χ0v) is 8.60. The predicted molar refractivity (Wildman–Crippen MR) is 62.6 cm³/mol. The van der Waals surface area contributed by atoms with Crippen LogP contribution in [0.4, 0.5) is 4.79 Å². The molecule has 0 aliphatic rings. The molecule has 0 saturated heterocycles. The van der Waals surface area contributed by atoms with Crippen LogP contribution in [0.3, 0.4) is 0 Å². The molecule has 0 bridgehead atoms. The Bertz CT molecular complexity index is 375. The lowest BCUT2D eigenvalue weighted by Crippen LogP contribution is -2.24. The normalized spacial score (nSPS) is 8.87. The summed E-state index contributed by atoms with van der Waals surface area (Å²) in [5, 5.41) is 4.79. The van der Waals surface area contributed by atoms with E-state index < -0.39 is 6.03 Å². The van der Waals surface area contributed by atoms with Gasteiger partial charge in [0.25, 0.3) is 0 Å². The summed E-state index contributed by atoms with van der Waals surface area (Å²) in [6.45, 7) is 0. The summed E-state index contributed by atoms with van der Waals surface area (Å²) in [7, 11) is 1.47. The van der Waals surface area contributed by atoms with Crippen molar-refractivity contribution in [1.82, 2.24) is 5.32 Å². The molecular formula is C12H14N2O. The van der Waals surface area contributed by atoms with E-state index in [4.69, 9.17) is 0 Å². The maximum atomic E-state index is 9.48. The average molecular weight is 202 g/mol. The highest BCUT2D eigenvalue weighted by atomic mass is 16.2. The Balaban J connectivity index is 0.000000195. The highest BCUT2D eigenvalue weighted by Gasteiger charge is 1.85. The molecule has 0 spiro atoms. The zero-order valence-electron chi connectivity index (χ0n) is 8.60. The lowest BCUT2D eigenvalue weighted by atomic mass is 10.1. The van der Waals surface area contributed by atoms with Crippen LogP contribution in [0.25, 0.3) is 10.8 Å². The number of hydrogen-bond donors (Lipinski definition) is 2. The van der Waals surface area contributed by atoms with Crippen molar-refractivity contribution >= 4 is 16.8 Å². The molecule has 3 N–H and O–H groups in total. The number of rotatable bonds is 0. The number of benzene rings is 2. The van der Waals surface area contributed by atoms with Crippen molar-refractivity contribution < 1.29 is 4.79 Å². The number of amides is 2. The fourth-order valence-corrected chi connectivity index (χ4v) is 1.13. The molecule has 0 radical (unpaired) electrons. The first-order valence-corrected chi connectivity index (χ1v) is 4.65. The van der Waals surface area contributed by atoms with Crippen LogP contribution in [0.15, 0.2) is 48.5 Å². The first-order valence-electron chi connectivity index (χ1n) is 4.65. The second kappa shape index (κ2) is 5.65. The largest absolute Gasteiger partial charge is 0.352 e. The summed E-state index contributed by atoms with van der Waals surface area (Å²) in [5.74, 6) is 0. The van der Waals surface area contributed by atoms with Gasteiger partial charge in [-0.3, -0.25) is 0 Å². The average Bonchev–Trinajstić information content (AvgIpc) is 2.30. The highest BCUT2D eigenvalue weighted by molar-refractivity contribution is 5.82. The van der Waals surface area contributed by atoms with Crippen LogP contribution in [0.1, 0.15) is 0 Å². The number of urea groups is 1. The smallest absolute Gasteiger partial charge is 0.311 e. The fraction of sp³-hybridized carbons (Fsp3) is 0.0833. The lowest BCUT2D eigenvalue weighted by molar-refractivity contribution is 0.251. The molecular weight excluding hydrogens is 188 g/mol. The van der Waals surface area contributed by atoms with Crippen molar-refractivity contribution in [1.29, 1.82) is 0 Å². The first-order chi connectivity index (χ1) is 7.24. The molecule has 0 atom stereocenters. The lowest BCUT2D eigenvalue weighted by Gasteiger charge is -1.92. The molecule has 2 aromatic carbocycles. The molecule has 0 unspecified atom stereocenters. The van der Waals surface area contributed by atoms with E-state index in [-0.39, 0.29) is 0 Å². The summed E-state index contributed by atoms with van der Waals surface area (Å²) in [6, 6.07) is 16.2. The molecule has 0 heterocycles. The molecule has 0 saturated carbocycles. The van der Waals surface area contributed by atoms with Crippen molar-refractivity contribution in [2.75, 3.05) is 7.05 Å². The summed E-state index contributed by atoms with van der Waals surface area (Å²) in [4.78, 5) is 9.48. The predicted octanol–water partition coefficient (Wildman–Crippen LogP) is 2.12. The minimum absolute atomic E-state index is 0.495. The standard InChI is InChI=1S/C10H8.C2H6N2O/c1-2-6-10-8-4-3-7-9(10)5-1;1-4-2(3)5/h1-8H;1H3,(H3,3,4,5). The van der Waals surface area contributed by atoms with Crippen LogP contribution in [0.2, 0.25) is 0 Å². The summed E-state index contributed by atoms with van der Waals surface area (Å²) < 4.78 is 0. The molecule has 15 heavy (non-hydrogen) atoms. The molecule has 0 aliphatic heterocycles. The van der Waals surface area contributed by atoms with Gasteiger partial charge in [-0.05, 0) is 10.8 Å². The summed E-state index contributed by atoms with van der Waals surface area (Å²) in [6.07, 6.45) is 0. The second-order valence-corrected chi connectivity index (χ2v) is 2.96. The third kappa shape index (κ3) is 3.68. The van der Waals surface area contributed by atoms with Gasteiger partial charge >= 0.3 is 6.03 Å². The molecule has 2 amide bonds. The molecule has 3 nitrogen and oxygen atoms in total. The number of fused-ring (bicyclic) bond motifs is 1. The molecule has 0 fully saturated rings. The van der Waals surface area contributed by atoms with Crippen LogP contribution < -0.4 is 11.1 Å². The number of nitrogens with two attached hydrogens (primary N) is 1. The minimum Gasteiger partial charge on any atom is -0.352 e. The third-order valence-corrected chi connectivity index (χ3v) is 1.91. The quantitative estimate of drug-likeness (QED) is 0.675. The van der Waals surface area contributed by atoms with Crippen LogP contribution in [-0.4, -0.2) is 13.1 Å². The van der Waals surface area contributed by atoms with Crippen LogP contribution in [0, 0.1) is 0 Å². The van der Waals surface area contributed by atoms with Crippen molar-refractivity contribution in [2.45, 2.75) is 0 Å². The van der Waals surface area contributed by atoms with Crippen molar-refractivity contribution in [3.05, 3.63) is 48.5 Å². The number of nitrogens with one attached hydrogen (secondary N) is 1. The van der Waals surface area contributed by atoms with Gasteiger partial charge in [-0.15, -0.1) is 0 Å². The zero-order chi connectivity index (χ0) is 11.1. The van der Waals surface area contributed by atoms with Crippen LogP contribution >= 0.6 is 0 Å². The van der Waals surface area contributed by atoms with E-state index >= 15 is 0 Å². The minimum atomic E-state index is -0.495. The molecule has 3 heteroatoms. The fourth-order valence-electron chi connectivity index (χ4n) is 1.13. The monoisotopic (exact) mass is 202 g/mol. The molecule has 78 valence electrons. The molecule has 2 rings (SSSR count). The Morgan fingerprint density at radius 2 is 1.27 bits per heavy atom. The highest BCUT2D eigenvalue weighted by Crippen LogP contribution is 2.11. The number of hydrogen-bond acceptors (Lipinski definition) is 1. The Hall–Kier alpha value is -2.03. The van der Waals surface area contributed by atoms with E-state index in [2.05, 4.69) is 59.6 Å². The topological polar surface area (TPSA) is 55.1 Å². The van der Waals surface area contributed by atoms with Gasteiger partial charge in [-0.1, -0.05) is 48.5 Å². The van der Waals surface area contributed by atoms with Crippen LogP contribution in [-0.2, 0) is 0 Å². The van der Waals surface area contributed by atoms with Crippen molar-refractivity contribution in [3.63, 3.8) is 0 Å². The van der Waals surface area contributed by atoms with E-state index in [9.17, 15) is 4.79 Å².